The molecule has 4 N–H and O–H groups in total. The van der Waals surface area contributed by atoms with Crippen molar-refractivity contribution in [3.8, 4) is 0 Å². The molecular weight excluding hydrogens is 256 g/mol. The molecule has 0 bridgehead atoms. The first-order chi connectivity index (χ1) is 8.26. The van der Waals surface area contributed by atoms with Crippen molar-refractivity contribution in [2.24, 2.45) is 0 Å². The first kappa shape index (κ1) is 16.0. The van der Waals surface area contributed by atoms with E-state index in [4.69, 9.17) is 14.6 Å². The maximum atomic E-state index is 9.72. The summed E-state index contributed by atoms with van der Waals surface area (Å²) < 4.78 is 10.6. The summed E-state index contributed by atoms with van der Waals surface area (Å²) in [7, 11) is -1.24. The molecule has 1 heterocycles. The zero-order valence-electron chi connectivity index (χ0n) is 11.1. The van der Waals surface area contributed by atoms with Gasteiger partial charge < -0.3 is 29.9 Å². The van der Waals surface area contributed by atoms with Crippen molar-refractivity contribution < 1.29 is 29.9 Å². The van der Waals surface area contributed by atoms with Gasteiger partial charge in [-0.3, -0.25) is 0 Å². The van der Waals surface area contributed by atoms with E-state index in [0.717, 1.165) is 6.04 Å². The molecule has 18 heavy (non-hydrogen) atoms. The van der Waals surface area contributed by atoms with E-state index in [2.05, 4.69) is 19.6 Å². The van der Waals surface area contributed by atoms with Gasteiger partial charge in [0.05, 0.1) is 6.61 Å². The lowest BCUT2D eigenvalue weighted by molar-refractivity contribution is -0.300. The highest BCUT2D eigenvalue weighted by Gasteiger charge is 2.43. The number of rotatable bonds is 5. The van der Waals surface area contributed by atoms with Crippen LogP contribution in [0.4, 0.5) is 0 Å². The van der Waals surface area contributed by atoms with Crippen LogP contribution in [-0.2, 0) is 9.47 Å². The van der Waals surface area contributed by atoms with Crippen molar-refractivity contribution in [1.29, 1.82) is 0 Å². The Kier molecular flexibility index (Phi) is 5.72. The smallest absolute Gasteiger partial charge is 0.186 e. The molecule has 1 rings (SSSR count). The van der Waals surface area contributed by atoms with Gasteiger partial charge in [0.1, 0.15) is 24.4 Å². The van der Waals surface area contributed by atoms with Gasteiger partial charge in [-0.05, 0) is 6.04 Å². The Morgan fingerprint density at radius 3 is 2.17 bits per heavy atom. The largest absolute Gasteiger partial charge is 0.394 e. The molecule has 0 aromatic heterocycles. The van der Waals surface area contributed by atoms with Crippen molar-refractivity contribution in [1.82, 2.24) is 0 Å². The average molecular weight is 280 g/mol. The average Bonchev–Trinajstić information content (AvgIpc) is 2.27. The number of hydrogen-bond acceptors (Lipinski definition) is 6. The maximum absolute atomic E-state index is 9.72. The monoisotopic (exact) mass is 280 g/mol. The Hall–Kier alpha value is -0.0231. The summed E-state index contributed by atoms with van der Waals surface area (Å²) in [5.74, 6) is 0. The fourth-order valence-corrected chi connectivity index (χ4v) is 2.42. The second-order valence-corrected chi connectivity index (χ2v) is 11.5. The molecule has 0 amide bonds. The van der Waals surface area contributed by atoms with E-state index >= 15 is 0 Å². The molecule has 0 aromatic rings. The predicted molar refractivity (Wildman–Crippen MR) is 67.9 cm³/mol. The molecule has 2 unspecified atom stereocenters. The highest BCUT2D eigenvalue weighted by atomic mass is 28.3. The van der Waals surface area contributed by atoms with Crippen LogP contribution in [0, 0.1) is 0 Å². The van der Waals surface area contributed by atoms with Gasteiger partial charge in [-0.25, -0.2) is 0 Å². The molecule has 0 radical (unpaired) electrons. The summed E-state index contributed by atoms with van der Waals surface area (Å²) in [5, 5.41) is 37.9. The summed E-state index contributed by atoms with van der Waals surface area (Å²) in [5.41, 5.74) is 0. The first-order valence-corrected chi connectivity index (χ1v) is 9.89. The van der Waals surface area contributed by atoms with E-state index in [1.165, 1.54) is 0 Å². The second-order valence-electron chi connectivity index (χ2n) is 5.88. The van der Waals surface area contributed by atoms with E-state index in [-0.39, 0.29) is 0 Å². The van der Waals surface area contributed by atoms with Crippen LogP contribution in [-0.4, -0.2) is 72.4 Å². The molecule has 0 aromatic carbocycles. The lowest BCUT2D eigenvalue weighted by Crippen LogP contribution is -2.59. The molecule has 7 heteroatoms. The van der Waals surface area contributed by atoms with Crippen molar-refractivity contribution in [3.63, 3.8) is 0 Å². The molecule has 1 fully saturated rings. The Morgan fingerprint density at radius 2 is 1.67 bits per heavy atom. The molecule has 0 saturated carbocycles. The minimum atomic E-state index is -1.37. The van der Waals surface area contributed by atoms with E-state index in [1.807, 2.05) is 0 Å². The van der Waals surface area contributed by atoms with Crippen LogP contribution in [0.25, 0.3) is 0 Å². The zero-order valence-corrected chi connectivity index (χ0v) is 12.1. The van der Waals surface area contributed by atoms with Crippen LogP contribution in [0.1, 0.15) is 0 Å². The Bertz CT molecular complexity index is 254. The van der Waals surface area contributed by atoms with Crippen molar-refractivity contribution in [2.75, 3.05) is 13.2 Å². The van der Waals surface area contributed by atoms with Gasteiger partial charge in [0.15, 0.2) is 6.29 Å². The van der Waals surface area contributed by atoms with Gasteiger partial charge in [0.25, 0.3) is 0 Å². The van der Waals surface area contributed by atoms with Gasteiger partial charge in [0, 0.05) is 14.7 Å². The first-order valence-electron chi connectivity index (χ1n) is 6.18. The summed E-state index contributed by atoms with van der Waals surface area (Å²) in [6.45, 7) is 6.59. The van der Waals surface area contributed by atoms with Gasteiger partial charge in [-0.2, -0.15) is 0 Å². The number of aliphatic hydroxyl groups excluding tert-OH is 4. The van der Waals surface area contributed by atoms with E-state index in [9.17, 15) is 15.3 Å². The number of hydrogen-bond donors (Lipinski definition) is 4. The van der Waals surface area contributed by atoms with E-state index in [0.29, 0.717) is 6.61 Å². The standard InChI is InChI=1S/C11H24O6Si/c1-18(2,3)5-4-16-11-10(15)9(14)8(13)7(6-12)17-11/h7-15H,4-6H2,1-3H3/t7?,8-,9?,10-,11+/m0/s1. The lowest BCUT2D eigenvalue weighted by atomic mass is 9.99. The molecule has 5 atom stereocenters. The maximum Gasteiger partial charge on any atom is 0.186 e. The van der Waals surface area contributed by atoms with Crippen LogP contribution in [0.3, 0.4) is 0 Å². The fourth-order valence-electron chi connectivity index (χ4n) is 1.69. The molecule has 0 aliphatic carbocycles. The van der Waals surface area contributed by atoms with Crippen LogP contribution in [0.2, 0.25) is 25.7 Å². The Morgan fingerprint density at radius 1 is 1.06 bits per heavy atom. The summed E-state index contributed by atoms with van der Waals surface area (Å²) in [4.78, 5) is 0. The van der Waals surface area contributed by atoms with Crippen LogP contribution < -0.4 is 0 Å². The van der Waals surface area contributed by atoms with Gasteiger partial charge in [-0.1, -0.05) is 19.6 Å². The normalized spacial score (nSPS) is 37.8. The molecular formula is C11H24O6Si. The number of ether oxygens (including phenoxy) is 2. The van der Waals surface area contributed by atoms with Crippen molar-refractivity contribution >= 4 is 8.07 Å². The van der Waals surface area contributed by atoms with E-state index in [1.54, 1.807) is 0 Å². The second kappa shape index (κ2) is 6.42. The Labute approximate surface area is 108 Å². The third-order valence-corrected chi connectivity index (χ3v) is 4.69. The SMILES string of the molecule is C[Si](C)(C)CCO[C@@H]1OC(CO)[C@H](O)C(O)[C@@H]1O. The highest BCUT2D eigenvalue weighted by Crippen LogP contribution is 2.22. The molecule has 6 nitrogen and oxygen atoms in total. The van der Waals surface area contributed by atoms with Gasteiger partial charge in [-0.15, -0.1) is 0 Å². The molecule has 1 saturated heterocycles. The highest BCUT2D eigenvalue weighted by molar-refractivity contribution is 6.76. The van der Waals surface area contributed by atoms with E-state index < -0.39 is 45.4 Å². The predicted octanol–water partition coefficient (Wildman–Crippen LogP) is -0.859. The summed E-state index contributed by atoms with van der Waals surface area (Å²) in [6.07, 6.45) is -5.91. The number of aliphatic hydroxyl groups is 4. The molecule has 108 valence electrons. The molecule has 1 aliphatic rings. The van der Waals surface area contributed by atoms with Crippen LogP contribution in [0.5, 0.6) is 0 Å². The minimum Gasteiger partial charge on any atom is -0.394 e. The molecule has 1 aliphatic heterocycles. The topological polar surface area (TPSA) is 99.4 Å². The third kappa shape index (κ3) is 4.27. The summed E-state index contributed by atoms with van der Waals surface area (Å²) >= 11 is 0. The van der Waals surface area contributed by atoms with Gasteiger partial charge >= 0.3 is 0 Å². The van der Waals surface area contributed by atoms with Crippen LogP contribution in [0.15, 0.2) is 0 Å². The Balaban J connectivity index is 2.49. The zero-order chi connectivity index (χ0) is 13.9. The summed E-state index contributed by atoms with van der Waals surface area (Å²) in [6, 6.07) is 0.905. The molecule has 0 spiro atoms. The fraction of sp³-hybridized carbons (Fsp3) is 1.00. The van der Waals surface area contributed by atoms with Gasteiger partial charge in [0.2, 0.25) is 0 Å². The third-order valence-electron chi connectivity index (χ3n) is 2.98. The minimum absolute atomic E-state index is 0.429. The lowest BCUT2D eigenvalue weighted by Gasteiger charge is -2.39. The quantitative estimate of drug-likeness (QED) is 0.489. The van der Waals surface area contributed by atoms with Crippen molar-refractivity contribution in [2.45, 2.75) is 56.4 Å². The van der Waals surface area contributed by atoms with Crippen LogP contribution >= 0.6 is 0 Å². The van der Waals surface area contributed by atoms with Crippen molar-refractivity contribution in [3.05, 3.63) is 0 Å².